The number of hydrogen-bond acceptors (Lipinski definition) is 2. The van der Waals surface area contributed by atoms with Crippen LogP contribution >= 0.6 is 27.5 Å². The molecule has 1 N–H and O–H groups in total. The molecule has 0 bridgehead atoms. The van der Waals surface area contributed by atoms with Crippen molar-refractivity contribution in [2.24, 2.45) is 0 Å². The molecule has 2 rings (SSSR count). The molecular weight excluding hydrogens is 324 g/mol. The summed E-state index contributed by atoms with van der Waals surface area (Å²) in [5.41, 5.74) is 3.78. The third-order valence-electron chi connectivity index (χ3n) is 2.78. The Morgan fingerprint density at radius 2 is 2.05 bits per heavy atom. The fraction of sp³-hybridized carbons (Fsp3) is 0.133. The predicted octanol–water partition coefficient (Wildman–Crippen LogP) is 4.89. The number of hydrogen-bond donors (Lipinski definition) is 1. The van der Waals surface area contributed by atoms with Crippen molar-refractivity contribution in [3.05, 3.63) is 62.6 Å². The van der Waals surface area contributed by atoms with E-state index in [1.54, 1.807) is 12.1 Å². The first-order valence-electron chi connectivity index (χ1n) is 5.78. The molecule has 2 aromatic carbocycles. The molecule has 0 heterocycles. The highest BCUT2D eigenvalue weighted by Crippen LogP contribution is 2.23. The van der Waals surface area contributed by atoms with E-state index in [2.05, 4.69) is 46.4 Å². The molecule has 0 amide bonds. The van der Waals surface area contributed by atoms with E-state index < -0.39 is 0 Å². The van der Waals surface area contributed by atoms with Crippen LogP contribution in [0.4, 0.5) is 5.69 Å². The van der Waals surface area contributed by atoms with Gasteiger partial charge in [0.05, 0.1) is 10.6 Å². The van der Waals surface area contributed by atoms with Gasteiger partial charge in [-0.15, -0.1) is 0 Å². The zero-order valence-corrected chi connectivity index (χ0v) is 12.7. The molecule has 0 atom stereocenters. The Kier molecular flexibility index (Phi) is 4.47. The highest BCUT2D eigenvalue weighted by atomic mass is 79.9. The van der Waals surface area contributed by atoms with Gasteiger partial charge >= 0.3 is 0 Å². The second kappa shape index (κ2) is 6.10. The molecule has 0 fully saturated rings. The number of rotatable bonds is 3. The van der Waals surface area contributed by atoms with E-state index in [-0.39, 0.29) is 0 Å². The fourth-order valence-electron chi connectivity index (χ4n) is 1.71. The van der Waals surface area contributed by atoms with Crippen LogP contribution in [-0.2, 0) is 6.54 Å². The zero-order valence-electron chi connectivity index (χ0n) is 10.4. The van der Waals surface area contributed by atoms with Crippen LogP contribution in [0.25, 0.3) is 0 Å². The molecule has 4 heteroatoms. The van der Waals surface area contributed by atoms with Crippen LogP contribution < -0.4 is 5.32 Å². The molecule has 0 saturated heterocycles. The maximum absolute atomic E-state index is 8.82. The van der Waals surface area contributed by atoms with Crippen LogP contribution in [0.3, 0.4) is 0 Å². The number of halogens is 2. The van der Waals surface area contributed by atoms with Crippen LogP contribution in [0.2, 0.25) is 5.02 Å². The van der Waals surface area contributed by atoms with Crippen LogP contribution in [0.15, 0.2) is 40.9 Å². The Morgan fingerprint density at radius 3 is 2.68 bits per heavy atom. The molecule has 0 aliphatic heterocycles. The van der Waals surface area contributed by atoms with Gasteiger partial charge in [0.1, 0.15) is 6.07 Å². The number of benzene rings is 2. The monoisotopic (exact) mass is 334 g/mol. The molecule has 0 saturated carbocycles. The minimum absolute atomic E-state index is 0.468. The fourth-order valence-corrected chi connectivity index (χ4v) is 2.56. The van der Waals surface area contributed by atoms with E-state index in [0.29, 0.717) is 17.1 Å². The van der Waals surface area contributed by atoms with Gasteiger partial charge in [-0.05, 0) is 42.3 Å². The molecule has 0 spiro atoms. The SMILES string of the molecule is Cc1ccc(CNc2ccc(C#N)c(Cl)c2)c(Br)c1. The summed E-state index contributed by atoms with van der Waals surface area (Å²) in [4.78, 5) is 0. The van der Waals surface area contributed by atoms with E-state index in [1.165, 1.54) is 11.1 Å². The lowest BCUT2D eigenvalue weighted by molar-refractivity contribution is 1.13. The molecule has 0 aliphatic rings. The zero-order chi connectivity index (χ0) is 13.8. The van der Waals surface area contributed by atoms with E-state index in [0.717, 1.165) is 10.2 Å². The summed E-state index contributed by atoms with van der Waals surface area (Å²) >= 11 is 9.54. The van der Waals surface area contributed by atoms with Crippen molar-refractivity contribution < 1.29 is 0 Å². The third kappa shape index (κ3) is 3.50. The molecule has 2 aromatic rings. The summed E-state index contributed by atoms with van der Waals surface area (Å²) in [6.45, 7) is 2.76. The van der Waals surface area contributed by atoms with Gasteiger partial charge in [-0.1, -0.05) is 39.7 Å². The minimum Gasteiger partial charge on any atom is -0.381 e. The smallest absolute Gasteiger partial charge is 0.101 e. The van der Waals surface area contributed by atoms with Crippen LogP contribution in [-0.4, -0.2) is 0 Å². The van der Waals surface area contributed by atoms with Crippen molar-refractivity contribution in [3.8, 4) is 6.07 Å². The third-order valence-corrected chi connectivity index (χ3v) is 3.83. The Bertz CT molecular complexity index is 647. The van der Waals surface area contributed by atoms with E-state index in [1.807, 2.05) is 12.1 Å². The lowest BCUT2D eigenvalue weighted by atomic mass is 10.1. The Hall–Kier alpha value is -1.50. The standard InChI is InChI=1S/C15H12BrClN2/c1-10-2-3-12(14(16)6-10)9-19-13-5-4-11(8-18)15(17)7-13/h2-7,19H,9H2,1H3. The normalized spacial score (nSPS) is 10.0. The lowest BCUT2D eigenvalue weighted by Crippen LogP contribution is -2.00. The summed E-state index contributed by atoms with van der Waals surface area (Å²) in [5.74, 6) is 0. The summed E-state index contributed by atoms with van der Waals surface area (Å²) < 4.78 is 1.08. The molecular formula is C15H12BrClN2. The van der Waals surface area contributed by atoms with Crippen LogP contribution in [0, 0.1) is 18.3 Å². The quantitative estimate of drug-likeness (QED) is 0.866. The maximum Gasteiger partial charge on any atom is 0.101 e. The average molecular weight is 336 g/mol. The van der Waals surface area contributed by atoms with Gasteiger partial charge in [0.15, 0.2) is 0 Å². The van der Waals surface area contributed by atoms with Crippen LogP contribution in [0.5, 0.6) is 0 Å². The Morgan fingerprint density at radius 1 is 1.26 bits per heavy atom. The first-order valence-corrected chi connectivity index (χ1v) is 6.96. The van der Waals surface area contributed by atoms with Crippen molar-refractivity contribution >= 4 is 33.2 Å². The average Bonchev–Trinajstić information content (AvgIpc) is 2.38. The number of nitrogens with one attached hydrogen (secondary N) is 1. The van der Waals surface area contributed by atoms with Crippen molar-refractivity contribution in [1.82, 2.24) is 0 Å². The van der Waals surface area contributed by atoms with Gasteiger partial charge in [-0.3, -0.25) is 0 Å². The molecule has 0 unspecified atom stereocenters. The number of anilines is 1. The van der Waals surface area contributed by atoms with Gasteiger partial charge in [0.25, 0.3) is 0 Å². The number of nitriles is 1. The van der Waals surface area contributed by atoms with Crippen molar-refractivity contribution in [2.45, 2.75) is 13.5 Å². The topological polar surface area (TPSA) is 35.8 Å². The first kappa shape index (κ1) is 13.9. The number of nitrogens with zero attached hydrogens (tertiary/aromatic N) is 1. The lowest BCUT2D eigenvalue weighted by Gasteiger charge is -2.09. The maximum atomic E-state index is 8.82. The van der Waals surface area contributed by atoms with Crippen molar-refractivity contribution in [2.75, 3.05) is 5.32 Å². The summed E-state index contributed by atoms with van der Waals surface area (Å²) in [5, 5.41) is 12.6. The van der Waals surface area contributed by atoms with Gasteiger partial charge in [-0.25, -0.2) is 0 Å². The summed E-state index contributed by atoms with van der Waals surface area (Å²) in [6.07, 6.45) is 0. The second-order valence-corrected chi connectivity index (χ2v) is 5.52. The Labute approximate surface area is 126 Å². The first-order chi connectivity index (χ1) is 9.10. The van der Waals surface area contributed by atoms with Crippen molar-refractivity contribution in [3.63, 3.8) is 0 Å². The second-order valence-electron chi connectivity index (χ2n) is 4.25. The van der Waals surface area contributed by atoms with Gasteiger partial charge in [0, 0.05) is 16.7 Å². The Balaban J connectivity index is 2.10. The molecule has 19 heavy (non-hydrogen) atoms. The molecule has 96 valence electrons. The largest absolute Gasteiger partial charge is 0.381 e. The van der Waals surface area contributed by atoms with E-state index in [4.69, 9.17) is 16.9 Å². The molecule has 0 aliphatic carbocycles. The van der Waals surface area contributed by atoms with Gasteiger partial charge in [-0.2, -0.15) is 5.26 Å². The summed E-state index contributed by atoms with van der Waals surface area (Å²) in [7, 11) is 0. The van der Waals surface area contributed by atoms with Crippen LogP contribution in [0.1, 0.15) is 16.7 Å². The minimum atomic E-state index is 0.468. The van der Waals surface area contributed by atoms with E-state index in [9.17, 15) is 0 Å². The highest BCUT2D eigenvalue weighted by Gasteiger charge is 2.03. The molecule has 0 radical (unpaired) electrons. The van der Waals surface area contributed by atoms with Gasteiger partial charge < -0.3 is 5.32 Å². The predicted molar refractivity (Wildman–Crippen MR) is 82.4 cm³/mol. The highest BCUT2D eigenvalue weighted by molar-refractivity contribution is 9.10. The summed E-state index contributed by atoms with van der Waals surface area (Å²) in [6, 6.07) is 13.6. The molecule has 0 aromatic heterocycles. The molecule has 2 nitrogen and oxygen atoms in total. The van der Waals surface area contributed by atoms with Gasteiger partial charge in [0.2, 0.25) is 0 Å². The van der Waals surface area contributed by atoms with E-state index >= 15 is 0 Å². The number of aryl methyl sites for hydroxylation is 1. The van der Waals surface area contributed by atoms with Crippen molar-refractivity contribution in [1.29, 1.82) is 5.26 Å².